The van der Waals surface area contributed by atoms with E-state index in [2.05, 4.69) is 79.4 Å². The van der Waals surface area contributed by atoms with Gasteiger partial charge in [0.2, 0.25) is 0 Å². The SMILES string of the molecule is CC(C)(C)CC(C)(C)SC(C)(C)CC(C)(C)NCC(O)COC1CCCCCCCC2CC21. The van der Waals surface area contributed by atoms with E-state index in [-0.39, 0.29) is 15.0 Å². The summed E-state index contributed by atoms with van der Waals surface area (Å²) in [4.78, 5) is 0. The Balaban J connectivity index is 1.76. The first-order valence-corrected chi connectivity index (χ1v) is 14.6. The Hall–Kier alpha value is 0.230. The molecule has 4 heteroatoms. The van der Waals surface area contributed by atoms with Gasteiger partial charge in [-0.15, -0.1) is 11.8 Å². The zero-order chi connectivity index (χ0) is 24.9. The van der Waals surface area contributed by atoms with Gasteiger partial charge in [-0.05, 0) is 56.8 Å². The first-order chi connectivity index (χ1) is 15.1. The minimum absolute atomic E-state index is 0.0344. The Morgan fingerprint density at radius 1 is 0.848 bits per heavy atom. The van der Waals surface area contributed by atoms with E-state index in [4.69, 9.17) is 4.74 Å². The van der Waals surface area contributed by atoms with Crippen LogP contribution in [0.25, 0.3) is 0 Å². The standard InChI is InChI=1S/C29H57NO2S/c1-26(2,3)20-28(6,7)33-29(8,9)21-27(4,5)30-18-23(31)19-32-25-16-14-12-10-11-13-15-22-17-24(22)25/h22-25,30-31H,10-21H2,1-9H3. The number of aliphatic hydroxyl groups excluding tert-OH is 1. The summed E-state index contributed by atoms with van der Waals surface area (Å²) in [5.74, 6) is 1.65. The largest absolute Gasteiger partial charge is 0.389 e. The predicted molar refractivity (Wildman–Crippen MR) is 146 cm³/mol. The third-order valence-corrected chi connectivity index (χ3v) is 8.61. The van der Waals surface area contributed by atoms with Gasteiger partial charge in [0, 0.05) is 21.6 Å². The van der Waals surface area contributed by atoms with Crippen molar-refractivity contribution in [2.24, 2.45) is 17.3 Å². The zero-order valence-electron chi connectivity index (χ0n) is 23.6. The lowest BCUT2D eigenvalue weighted by molar-refractivity contribution is -0.0267. The molecule has 0 saturated heterocycles. The molecule has 4 atom stereocenters. The molecule has 0 aliphatic heterocycles. The van der Waals surface area contributed by atoms with Gasteiger partial charge in [0.15, 0.2) is 0 Å². The van der Waals surface area contributed by atoms with Crippen LogP contribution in [-0.4, -0.2) is 45.5 Å². The van der Waals surface area contributed by atoms with Crippen molar-refractivity contribution >= 4 is 11.8 Å². The maximum absolute atomic E-state index is 10.7. The molecule has 2 aliphatic rings. The van der Waals surface area contributed by atoms with Crippen LogP contribution in [-0.2, 0) is 4.74 Å². The lowest BCUT2D eigenvalue weighted by Gasteiger charge is -2.42. The van der Waals surface area contributed by atoms with E-state index in [0.29, 0.717) is 24.7 Å². The molecule has 0 heterocycles. The monoisotopic (exact) mass is 483 g/mol. The second-order valence-corrected chi connectivity index (χ2v) is 16.7. The van der Waals surface area contributed by atoms with E-state index in [1.165, 1.54) is 57.8 Å². The third kappa shape index (κ3) is 12.2. The Bertz CT molecular complexity index is 581. The van der Waals surface area contributed by atoms with E-state index in [1.807, 2.05) is 0 Å². The maximum Gasteiger partial charge on any atom is 0.0898 e. The minimum Gasteiger partial charge on any atom is -0.389 e. The van der Waals surface area contributed by atoms with Crippen LogP contribution in [0.3, 0.4) is 0 Å². The van der Waals surface area contributed by atoms with Crippen molar-refractivity contribution < 1.29 is 9.84 Å². The Labute approximate surface area is 211 Å². The Kier molecular flexibility index (Phi) is 10.7. The molecule has 33 heavy (non-hydrogen) atoms. The van der Waals surface area contributed by atoms with Crippen LogP contribution >= 0.6 is 11.8 Å². The molecule has 196 valence electrons. The fourth-order valence-electron chi connectivity index (χ4n) is 6.67. The Morgan fingerprint density at radius 3 is 2.06 bits per heavy atom. The van der Waals surface area contributed by atoms with Crippen molar-refractivity contribution in [3.8, 4) is 0 Å². The van der Waals surface area contributed by atoms with Crippen LogP contribution in [0.15, 0.2) is 0 Å². The second kappa shape index (κ2) is 12.0. The first-order valence-electron chi connectivity index (χ1n) is 13.8. The normalized spacial score (nSPS) is 26.5. The summed E-state index contributed by atoms with van der Waals surface area (Å²) in [7, 11) is 0. The first kappa shape index (κ1) is 29.5. The lowest BCUT2D eigenvalue weighted by Crippen LogP contribution is -2.48. The number of hydrogen-bond acceptors (Lipinski definition) is 4. The van der Waals surface area contributed by atoms with Crippen molar-refractivity contribution in [3.63, 3.8) is 0 Å². The highest BCUT2D eigenvalue weighted by molar-refractivity contribution is 8.01. The zero-order valence-corrected chi connectivity index (χ0v) is 24.4. The van der Waals surface area contributed by atoms with Gasteiger partial charge in [0.25, 0.3) is 0 Å². The summed E-state index contributed by atoms with van der Waals surface area (Å²) in [6, 6.07) is 0. The molecule has 0 radical (unpaired) electrons. The molecule has 0 amide bonds. The van der Waals surface area contributed by atoms with Gasteiger partial charge >= 0.3 is 0 Å². The molecular formula is C29H57NO2S. The van der Waals surface area contributed by atoms with Gasteiger partial charge in [-0.3, -0.25) is 0 Å². The summed E-state index contributed by atoms with van der Waals surface area (Å²) in [5.41, 5.74) is 0.299. The maximum atomic E-state index is 10.7. The van der Waals surface area contributed by atoms with Gasteiger partial charge in [0.1, 0.15) is 0 Å². The number of rotatable bonds is 11. The fraction of sp³-hybridized carbons (Fsp3) is 1.00. The highest BCUT2D eigenvalue weighted by atomic mass is 32.2. The minimum atomic E-state index is -0.440. The number of thioether (sulfide) groups is 1. The van der Waals surface area contributed by atoms with E-state index in [9.17, 15) is 5.11 Å². The van der Waals surface area contributed by atoms with Crippen molar-refractivity contribution in [2.45, 2.75) is 154 Å². The van der Waals surface area contributed by atoms with Crippen molar-refractivity contribution in [2.75, 3.05) is 13.2 Å². The van der Waals surface area contributed by atoms with E-state index >= 15 is 0 Å². The summed E-state index contributed by atoms with van der Waals surface area (Å²) in [6.07, 6.45) is 12.9. The third-order valence-electron chi connectivity index (χ3n) is 7.21. The summed E-state index contributed by atoms with van der Waals surface area (Å²) >= 11 is 2.11. The molecule has 0 aromatic carbocycles. The van der Waals surface area contributed by atoms with Gasteiger partial charge < -0.3 is 15.2 Å². The van der Waals surface area contributed by atoms with Crippen LogP contribution < -0.4 is 5.32 Å². The quantitative estimate of drug-likeness (QED) is 0.317. The average molecular weight is 484 g/mol. The number of ether oxygens (including phenoxy) is 1. The van der Waals surface area contributed by atoms with Gasteiger partial charge in [-0.2, -0.15) is 0 Å². The van der Waals surface area contributed by atoms with Crippen molar-refractivity contribution in [3.05, 3.63) is 0 Å². The van der Waals surface area contributed by atoms with Crippen LogP contribution in [0, 0.1) is 17.3 Å². The molecule has 0 bridgehead atoms. The van der Waals surface area contributed by atoms with Gasteiger partial charge in [-0.1, -0.05) is 87.0 Å². The summed E-state index contributed by atoms with van der Waals surface area (Å²) < 4.78 is 6.71. The highest BCUT2D eigenvalue weighted by Crippen LogP contribution is 2.48. The molecule has 2 rings (SSSR count). The molecule has 2 saturated carbocycles. The van der Waals surface area contributed by atoms with E-state index in [0.717, 1.165) is 18.3 Å². The van der Waals surface area contributed by atoms with E-state index in [1.54, 1.807) is 0 Å². The van der Waals surface area contributed by atoms with E-state index < -0.39 is 6.10 Å². The number of aliphatic hydroxyl groups is 1. The molecule has 3 nitrogen and oxygen atoms in total. The lowest BCUT2D eigenvalue weighted by atomic mass is 9.86. The predicted octanol–water partition coefficient (Wildman–Crippen LogP) is 7.60. The highest BCUT2D eigenvalue weighted by Gasteiger charge is 2.43. The molecular weight excluding hydrogens is 426 g/mol. The number of fused-ring (bicyclic) bond motifs is 1. The van der Waals surface area contributed by atoms with Gasteiger partial charge in [0.05, 0.1) is 18.8 Å². The van der Waals surface area contributed by atoms with Crippen molar-refractivity contribution in [1.29, 1.82) is 0 Å². The molecule has 4 unspecified atom stereocenters. The molecule has 0 aromatic rings. The molecule has 2 aliphatic carbocycles. The van der Waals surface area contributed by atoms with Crippen LogP contribution in [0.5, 0.6) is 0 Å². The summed E-state index contributed by atoms with van der Waals surface area (Å²) in [6.45, 7) is 22.1. The number of hydrogen-bond donors (Lipinski definition) is 2. The second-order valence-electron chi connectivity index (χ2n) is 14.3. The van der Waals surface area contributed by atoms with Gasteiger partial charge in [-0.25, -0.2) is 0 Å². The van der Waals surface area contributed by atoms with Crippen LogP contribution in [0.2, 0.25) is 0 Å². The fourth-order valence-corrected chi connectivity index (χ4v) is 9.11. The molecule has 2 fully saturated rings. The van der Waals surface area contributed by atoms with Crippen molar-refractivity contribution in [1.82, 2.24) is 5.32 Å². The van der Waals surface area contributed by atoms with Crippen LogP contribution in [0.1, 0.15) is 127 Å². The molecule has 0 aromatic heterocycles. The Morgan fingerprint density at radius 2 is 1.42 bits per heavy atom. The smallest absolute Gasteiger partial charge is 0.0898 e. The summed E-state index contributed by atoms with van der Waals surface area (Å²) in [5, 5.41) is 14.3. The average Bonchev–Trinajstić information content (AvgIpc) is 3.37. The molecule has 0 spiro atoms. The number of nitrogens with one attached hydrogen (secondary N) is 1. The number of β-amino-alcohol motifs (C(OH)–C–C–N with tert-alkyl or cyclic N) is 1. The van der Waals surface area contributed by atoms with Crippen LogP contribution in [0.4, 0.5) is 0 Å². The molecule has 2 N–H and O–H groups in total. The topological polar surface area (TPSA) is 41.5 Å².